The van der Waals surface area contributed by atoms with E-state index >= 15 is 0 Å². The van der Waals surface area contributed by atoms with Crippen molar-refractivity contribution in [2.24, 2.45) is 5.92 Å². The first-order valence-electron chi connectivity index (χ1n) is 10.3. The van der Waals surface area contributed by atoms with Gasteiger partial charge in [0.05, 0.1) is 6.04 Å². The second-order valence-electron chi connectivity index (χ2n) is 8.04. The van der Waals surface area contributed by atoms with Gasteiger partial charge in [0.15, 0.2) is 5.65 Å². The molecule has 5 rings (SSSR count). The van der Waals surface area contributed by atoms with Crippen molar-refractivity contribution in [3.05, 3.63) is 53.3 Å². The van der Waals surface area contributed by atoms with Gasteiger partial charge in [-0.2, -0.15) is 17.7 Å². The van der Waals surface area contributed by atoms with Gasteiger partial charge in [0.2, 0.25) is 5.91 Å². The summed E-state index contributed by atoms with van der Waals surface area (Å²) in [4.78, 5) is 14.7. The number of aromatic nitrogens is 4. The molecule has 1 fully saturated rings. The van der Waals surface area contributed by atoms with Crippen LogP contribution in [-0.2, 0) is 17.4 Å². The molecule has 10 heteroatoms. The first-order valence-corrected chi connectivity index (χ1v) is 10.3. The summed E-state index contributed by atoms with van der Waals surface area (Å²) in [6, 6.07) is 11.3. The van der Waals surface area contributed by atoms with Crippen LogP contribution in [0.4, 0.5) is 19.0 Å². The predicted octanol–water partition coefficient (Wildman–Crippen LogP) is 3.16. The second-order valence-corrected chi connectivity index (χ2v) is 8.04. The molecular formula is C21H21F3N6O. The van der Waals surface area contributed by atoms with E-state index in [1.807, 2.05) is 17.0 Å². The summed E-state index contributed by atoms with van der Waals surface area (Å²) < 4.78 is 40.0. The lowest BCUT2D eigenvalue weighted by Gasteiger charge is -2.32. The fraction of sp³-hybridized carbons (Fsp3) is 0.429. The maximum Gasteiger partial charge on any atom is 0.453 e. The molecule has 7 nitrogen and oxygen atoms in total. The molecule has 3 heterocycles. The third-order valence-electron chi connectivity index (χ3n) is 6.14. The number of amides is 1. The summed E-state index contributed by atoms with van der Waals surface area (Å²) in [7, 11) is 0. The summed E-state index contributed by atoms with van der Waals surface area (Å²) in [6.07, 6.45) is -1.51. The van der Waals surface area contributed by atoms with Gasteiger partial charge in [-0.15, -0.1) is 15.3 Å². The number of anilines is 1. The molecule has 0 saturated carbocycles. The number of nitrogens with one attached hydrogen (secondary N) is 1. The van der Waals surface area contributed by atoms with Crippen molar-refractivity contribution in [1.29, 1.82) is 0 Å². The average molecular weight is 430 g/mol. The fourth-order valence-corrected chi connectivity index (χ4v) is 4.49. The Balaban J connectivity index is 1.24. The molecular weight excluding hydrogens is 409 g/mol. The number of carbonyl (C=O) groups is 1. The summed E-state index contributed by atoms with van der Waals surface area (Å²) in [5, 5.41) is 14.0. The van der Waals surface area contributed by atoms with E-state index in [9.17, 15) is 18.0 Å². The zero-order valence-corrected chi connectivity index (χ0v) is 16.6. The minimum absolute atomic E-state index is 0.0437. The Labute approximate surface area is 176 Å². The van der Waals surface area contributed by atoms with Crippen molar-refractivity contribution in [2.75, 3.05) is 18.0 Å². The molecule has 1 atom stereocenters. The molecule has 0 spiro atoms. The second kappa shape index (κ2) is 7.51. The summed E-state index contributed by atoms with van der Waals surface area (Å²) in [6.45, 7) is 1.09. The number of nitrogens with zero attached hydrogens (tertiary/aromatic N) is 5. The standard InChI is InChI=1S/C21H21F3N6O/c22-21(23,24)20-27-26-17-7-8-18(28-30(17)20)29-11-9-14(10-12-29)19(31)25-16-6-5-13-3-1-2-4-15(13)16/h1-4,7-8,14,16H,5-6,9-12H2,(H,25,31). The van der Waals surface area contributed by atoms with Gasteiger partial charge < -0.3 is 10.2 Å². The predicted molar refractivity (Wildman–Crippen MR) is 106 cm³/mol. The van der Waals surface area contributed by atoms with Gasteiger partial charge in [-0.1, -0.05) is 24.3 Å². The lowest BCUT2D eigenvalue weighted by Crippen LogP contribution is -2.41. The van der Waals surface area contributed by atoms with Crippen LogP contribution in [0.1, 0.15) is 42.3 Å². The van der Waals surface area contributed by atoms with Crippen molar-refractivity contribution in [2.45, 2.75) is 37.9 Å². The van der Waals surface area contributed by atoms with Crippen LogP contribution < -0.4 is 10.2 Å². The number of fused-ring (bicyclic) bond motifs is 2. The molecule has 3 aromatic rings. The van der Waals surface area contributed by atoms with Crippen molar-refractivity contribution in [3.63, 3.8) is 0 Å². The van der Waals surface area contributed by atoms with Crippen LogP contribution in [0, 0.1) is 5.92 Å². The first-order chi connectivity index (χ1) is 14.9. The normalized spacial score (nSPS) is 19.6. The van der Waals surface area contributed by atoms with E-state index < -0.39 is 12.0 Å². The van der Waals surface area contributed by atoms with Crippen LogP contribution in [0.2, 0.25) is 0 Å². The number of carbonyl (C=O) groups excluding carboxylic acids is 1. The van der Waals surface area contributed by atoms with Crippen molar-refractivity contribution in [1.82, 2.24) is 25.1 Å². The number of rotatable bonds is 3. The number of benzene rings is 1. The Hall–Kier alpha value is -3.17. The van der Waals surface area contributed by atoms with Gasteiger partial charge in [0, 0.05) is 19.0 Å². The zero-order valence-electron chi connectivity index (χ0n) is 16.6. The average Bonchev–Trinajstić information content (AvgIpc) is 3.38. The fourth-order valence-electron chi connectivity index (χ4n) is 4.49. The summed E-state index contributed by atoms with van der Waals surface area (Å²) in [5.41, 5.74) is 2.53. The first kappa shape index (κ1) is 19.8. The Kier molecular flexibility index (Phi) is 4.79. The van der Waals surface area contributed by atoms with Gasteiger partial charge in [-0.25, -0.2) is 0 Å². The molecule has 0 bridgehead atoms. The van der Waals surface area contributed by atoms with E-state index in [2.05, 4.69) is 32.7 Å². The molecule has 1 saturated heterocycles. The van der Waals surface area contributed by atoms with Gasteiger partial charge in [0.25, 0.3) is 5.82 Å². The maximum atomic E-state index is 13.1. The van der Waals surface area contributed by atoms with Gasteiger partial charge in [0.1, 0.15) is 5.82 Å². The van der Waals surface area contributed by atoms with E-state index in [0.29, 0.717) is 31.7 Å². The highest BCUT2D eigenvalue weighted by Crippen LogP contribution is 2.32. The number of piperidine rings is 1. The third kappa shape index (κ3) is 3.70. The Morgan fingerprint density at radius 2 is 1.81 bits per heavy atom. The van der Waals surface area contributed by atoms with Crippen LogP contribution in [0.3, 0.4) is 0 Å². The molecule has 31 heavy (non-hydrogen) atoms. The van der Waals surface area contributed by atoms with Crippen molar-refractivity contribution >= 4 is 17.4 Å². The minimum Gasteiger partial charge on any atom is -0.355 e. The van der Waals surface area contributed by atoms with Crippen LogP contribution in [-0.4, -0.2) is 38.8 Å². The Bertz CT molecular complexity index is 1120. The SMILES string of the molecule is O=C(NC1CCc2ccccc21)C1CCN(c2ccc3nnc(C(F)(F)F)n3n2)CC1. The molecule has 2 aliphatic rings. The number of aryl methyl sites for hydroxylation is 1. The molecule has 1 aliphatic carbocycles. The molecule has 1 amide bonds. The van der Waals surface area contributed by atoms with Crippen molar-refractivity contribution < 1.29 is 18.0 Å². The molecule has 2 aromatic heterocycles. The van der Waals surface area contributed by atoms with E-state index in [4.69, 9.17) is 0 Å². The lowest BCUT2D eigenvalue weighted by atomic mass is 9.95. The minimum atomic E-state index is -4.63. The van der Waals surface area contributed by atoms with Crippen LogP contribution in [0.5, 0.6) is 0 Å². The summed E-state index contributed by atoms with van der Waals surface area (Å²) in [5.74, 6) is -0.798. The Morgan fingerprint density at radius 1 is 1.03 bits per heavy atom. The smallest absolute Gasteiger partial charge is 0.355 e. The van der Waals surface area contributed by atoms with Gasteiger partial charge >= 0.3 is 6.18 Å². The highest BCUT2D eigenvalue weighted by Gasteiger charge is 2.38. The zero-order chi connectivity index (χ0) is 21.6. The molecule has 0 radical (unpaired) electrons. The monoisotopic (exact) mass is 430 g/mol. The maximum absolute atomic E-state index is 13.1. The van der Waals surface area contributed by atoms with Crippen LogP contribution >= 0.6 is 0 Å². The lowest BCUT2D eigenvalue weighted by molar-refractivity contribution is -0.146. The topological polar surface area (TPSA) is 75.4 Å². The molecule has 1 N–H and O–H groups in total. The molecule has 1 aliphatic heterocycles. The number of hydrogen-bond donors (Lipinski definition) is 1. The van der Waals surface area contributed by atoms with Crippen LogP contribution in [0.25, 0.3) is 5.65 Å². The number of alkyl halides is 3. The van der Waals surface area contributed by atoms with E-state index in [1.165, 1.54) is 17.2 Å². The third-order valence-corrected chi connectivity index (χ3v) is 6.14. The summed E-state index contributed by atoms with van der Waals surface area (Å²) >= 11 is 0. The molecule has 1 aromatic carbocycles. The largest absolute Gasteiger partial charge is 0.453 e. The Morgan fingerprint density at radius 3 is 2.58 bits per heavy atom. The van der Waals surface area contributed by atoms with Crippen molar-refractivity contribution in [3.8, 4) is 0 Å². The van der Waals surface area contributed by atoms with Gasteiger partial charge in [-0.05, 0) is 48.9 Å². The molecule has 162 valence electrons. The van der Waals surface area contributed by atoms with Gasteiger partial charge in [-0.3, -0.25) is 4.79 Å². The van der Waals surface area contributed by atoms with E-state index in [1.54, 1.807) is 6.07 Å². The molecule has 1 unspecified atom stereocenters. The quantitative estimate of drug-likeness (QED) is 0.691. The number of halogens is 3. The number of hydrogen-bond acceptors (Lipinski definition) is 5. The van der Waals surface area contributed by atoms with E-state index in [0.717, 1.165) is 17.4 Å². The van der Waals surface area contributed by atoms with E-state index in [-0.39, 0.29) is 23.5 Å². The van der Waals surface area contributed by atoms with Crippen LogP contribution in [0.15, 0.2) is 36.4 Å². The highest BCUT2D eigenvalue weighted by molar-refractivity contribution is 5.79. The highest BCUT2D eigenvalue weighted by atomic mass is 19.4.